The van der Waals surface area contributed by atoms with Crippen molar-refractivity contribution in [1.29, 1.82) is 0 Å². The molecule has 0 fully saturated rings. The van der Waals surface area contributed by atoms with Crippen molar-refractivity contribution in [2.75, 3.05) is 19.4 Å². The minimum Gasteiger partial charge on any atom is -0.304 e. The minimum atomic E-state index is -2.98. The Hall–Kier alpha value is 0.460. The molecule has 0 bridgehead atoms. The van der Waals surface area contributed by atoms with E-state index < -0.39 is 6.80 Å². The topological polar surface area (TPSA) is 38.8 Å². The summed E-state index contributed by atoms with van der Waals surface area (Å²) in [7, 11) is 1.44. The van der Waals surface area contributed by atoms with Gasteiger partial charge in [0, 0.05) is 31.5 Å². The van der Waals surface area contributed by atoms with Gasteiger partial charge in [-0.25, -0.2) is 4.57 Å². The maximum absolute atomic E-state index is 12.2. The number of hydrogen-bond donors (Lipinski definition) is 0. The van der Waals surface area contributed by atoms with Crippen molar-refractivity contribution in [2.45, 2.75) is 59.7 Å². The zero-order chi connectivity index (χ0) is 14.3. The summed E-state index contributed by atoms with van der Waals surface area (Å²) in [6, 6.07) is 0.970. The molecule has 0 saturated heterocycles. The molecular weight excluding hydrogens is 269 g/mol. The fourth-order valence-corrected chi connectivity index (χ4v) is 4.97. The van der Waals surface area contributed by atoms with Crippen molar-refractivity contribution in [3.8, 4) is 0 Å². The normalized spacial score (nSPS) is 15.9. The predicted molar refractivity (Wildman–Crippen MR) is 80.3 cm³/mol. The molecule has 6 heteroatoms. The first-order chi connectivity index (χ1) is 8.22. The highest BCUT2D eigenvalue weighted by molar-refractivity contribution is 8.55. The maximum atomic E-state index is 12.2. The smallest absolute Gasteiger partial charge is 0.304 e. The lowest BCUT2D eigenvalue weighted by molar-refractivity contribution is 0.186. The SMILES string of the molecule is COP(=O)(OC(C)C)SCCN(C(C)C)C(C)C. The summed E-state index contributed by atoms with van der Waals surface area (Å²) in [6.07, 6.45) is -0.0883. The molecule has 0 heterocycles. The van der Waals surface area contributed by atoms with Gasteiger partial charge in [-0.3, -0.25) is 9.42 Å². The van der Waals surface area contributed by atoms with E-state index in [1.165, 1.54) is 18.5 Å². The molecule has 0 aliphatic carbocycles. The Labute approximate surface area is 116 Å². The van der Waals surface area contributed by atoms with Gasteiger partial charge in [0.15, 0.2) is 0 Å². The van der Waals surface area contributed by atoms with Gasteiger partial charge in [0.25, 0.3) is 0 Å². The Morgan fingerprint density at radius 1 is 1.11 bits per heavy atom. The van der Waals surface area contributed by atoms with Crippen LogP contribution in [0.1, 0.15) is 41.5 Å². The lowest BCUT2D eigenvalue weighted by Crippen LogP contribution is -2.38. The van der Waals surface area contributed by atoms with Gasteiger partial charge in [-0.2, -0.15) is 0 Å². The van der Waals surface area contributed by atoms with Crippen LogP contribution < -0.4 is 0 Å². The highest BCUT2D eigenvalue weighted by Crippen LogP contribution is 2.60. The van der Waals surface area contributed by atoms with E-state index in [-0.39, 0.29) is 6.10 Å². The summed E-state index contributed by atoms with van der Waals surface area (Å²) in [4.78, 5) is 2.36. The minimum absolute atomic E-state index is 0.0883. The van der Waals surface area contributed by atoms with E-state index in [2.05, 4.69) is 32.6 Å². The standard InChI is InChI=1S/C12H28NO3PS/c1-10(2)13(11(3)4)8-9-18-17(14,15-7)16-12(5)6/h10-12H,8-9H2,1-7H3. The quantitative estimate of drug-likeness (QED) is 0.601. The Morgan fingerprint density at radius 2 is 1.61 bits per heavy atom. The van der Waals surface area contributed by atoms with Gasteiger partial charge in [0.2, 0.25) is 0 Å². The van der Waals surface area contributed by atoms with Gasteiger partial charge >= 0.3 is 6.80 Å². The molecule has 0 radical (unpaired) electrons. The fraction of sp³-hybridized carbons (Fsp3) is 1.00. The van der Waals surface area contributed by atoms with Crippen molar-refractivity contribution in [3.05, 3.63) is 0 Å². The van der Waals surface area contributed by atoms with Crippen molar-refractivity contribution in [2.24, 2.45) is 0 Å². The molecular formula is C12H28NO3PS. The van der Waals surface area contributed by atoms with E-state index in [9.17, 15) is 4.57 Å². The molecule has 0 aromatic rings. The molecule has 0 aliphatic rings. The van der Waals surface area contributed by atoms with Crippen LogP contribution in [-0.2, 0) is 13.6 Å². The van der Waals surface area contributed by atoms with E-state index in [0.717, 1.165) is 12.3 Å². The van der Waals surface area contributed by atoms with Crippen molar-refractivity contribution >= 4 is 18.2 Å². The van der Waals surface area contributed by atoms with Gasteiger partial charge in [-0.1, -0.05) is 0 Å². The second-order valence-corrected chi connectivity index (χ2v) is 9.30. The largest absolute Gasteiger partial charge is 0.389 e. The third-order valence-corrected chi connectivity index (χ3v) is 6.50. The van der Waals surface area contributed by atoms with E-state index in [4.69, 9.17) is 9.05 Å². The average Bonchev–Trinajstić information content (AvgIpc) is 2.22. The third kappa shape index (κ3) is 7.15. The Bertz CT molecular complexity index is 264. The first kappa shape index (κ1) is 18.5. The molecule has 18 heavy (non-hydrogen) atoms. The average molecular weight is 297 g/mol. The summed E-state index contributed by atoms with van der Waals surface area (Å²) < 4.78 is 22.6. The second-order valence-electron chi connectivity index (χ2n) is 5.04. The van der Waals surface area contributed by atoms with Gasteiger partial charge in [0.1, 0.15) is 0 Å². The molecule has 0 aromatic heterocycles. The lowest BCUT2D eigenvalue weighted by Gasteiger charge is -2.30. The van der Waals surface area contributed by atoms with Gasteiger partial charge < -0.3 is 4.52 Å². The van der Waals surface area contributed by atoms with Crippen LogP contribution in [0.15, 0.2) is 0 Å². The van der Waals surface area contributed by atoms with Crippen LogP contribution in [0, 0.1) is 0 Å². The van der Waals surface area contributed by atoms with Crippen LogP contribution in [0.5, 0.6) is 0 Å². The molecule has 0 amide bonds. The Kier molecular flexibility index (Phi) is 8.81. The van der Waals surface area contributed by atoms with Gasteiger partial charge in [-0.05, 0) is 52.9 Å². The Morgan fingerprint density at radius 3 is 1.94 bits per heavy atom. The number of hydrogen-bond acceptors (Lipinski definition) is 5. The first-order valence-electron chi connectivity index (χ1n) is 6.46. The van der Waals surface area contributed by atoms with Gasteiger partial charge in [-0.15, -0.1) is 0 Å². The van der Waals surface area contributed by atoms with Crippen molar-refractivity contribution < 1.29 is 13.6 Å². The Balaban J connectivity index is 4.25. The lowest BCUT2D eigenvalue weighted by atomic mass is 10.2. The molecule has 0 saturated carbocycles. The van der Waals surface area contributed by atoms with Crippen LogP contribution in [0.25, 0.3) is 0 Å². The maximum Gasteiger partial charge on any atom is 0.389 e. The van der Waals surface area contributed by atoms with E-state index in [1.54, 1.807) is 0 Å². The molecule has 0 aromatic carbocycles. The fourth-order valence-electron chi connectivity index (χ4n) is 1.76. The number of rotatable bonds is 9. The summed E-state index contributed by atoms with van der Waals surface area (Å²) in [5.74, 6) is 0.744. The van der Waals surface area contributed by atoms with Crippen LogP contribution >= 0.6 is 18.2 Å². The van der Waals surface area contributed by atoms with Gasteiger partial charge in [0.05, 0.1) is 6.10 Å². The van der Waals surface area contributed by atoms with Crippen LogP contribution in [0.4, 0.5) is 0 Å². The molecule has 0 aliphatic heterocycles. The van der Waals surface area contributed by atoms with Crippen molar-refractivity contribution in [1.82, 2.24) is 4.90 Å². The van der Waals surface area contributed by atoms with E-state index >= 15 is 0 Å². The van der Waals surface area contributed by atoms with Crippen molar-refractivity contribution in [3.63, 3.8) is 0 Å². The molecule has 1 atom stereocenters. The van der Waals surface area contributed by atoms with E-state index in [1.807, 2.05) is 13.8 Å². The molecule has 1 unspecified atom stereocenters. The second kappa shape index (κ2) is 8.60. The molecule has 0 rings (SSSR count). The third-order valence-electron chi connectivity index (χ3n) is 2.49. The van der Waals surface area contributed by atoms with Crippen LogP contribution in [0.2, 0.25) is 0 Å². The molecule has 110 valence electrons. The zero-order valence-electron chi connectivity index (χ0n) is 12.7. The van der Waals surface area contributed by atoms with Crippen LogP contribution in [-0.4, -0.2) is 42.5 Å². The van der Waals surface area contributed by atoms with E-state index in [0.29, 0.717) is 12.1 Å². The zero-order valence-corrected chi connectivity index (χ0v) is 14.4. The highest BCUT2D eigenvalue weighted by atomic mass is 32.7. The monoisotopic (exact) mass is 297 g/mol. The first-order valence-corrected chi connectivity index (χ1v) is 9.59. The number of nitrogens with zero attached hydrogens (tertiary/aromatic N) is 1. The summed E-state index contributed by atoms with van der Waals surface area (Å²) in [5.41, 5.74) is 0. The summed E-state index contributed by atoms with van der Waals surface area (Å²) >= 11 is 1.28. The predicted octanol–water partition coefficient (Wildman–Crippen LogP) is 4.02. The summed E-state index contributed by atoms with van der Waals surface area (Å²) in [5, 5.41) is 0. The summed E-state index contributed by atoms with van der Waals surface area (Å²) in [6.45, 7) is 10.3. The molecule has 0 N–H and O–H groups in total. The molecule has 0 spiro atoms. The highest BCUT2D eigenvalue weighted by Gasteiger charge is 2.26. The van der Waals surface area contributed by atoms with Crippen LogP contribution in [0.3, 0.4) is 0 Å². The molecule has 4 nitrogen and oxygen atoms in total.